The Balaban J connectivity index is 2.61. The lowest BCUT2D eigenvalue weighted by Gasteiger charge is -2.16. The minimum atomic E-state index is -4.34. The van der Waals surface area contributed by atoms with E-state index >= 15 is 0 Å². The van der Waals surface area contributed by atoms with Gasteiger partial charge in [0.15, 0.2) is 8.24 Å². The Kier molecular flexibility index (Phi) is 2.53. The van der Waals surface area contributed by atoms with Crippen LogP contribution in [0.2, 0.25) is 19.6 Å². The smallest absolute Gasteiger partial charge is 0.275 e. The highest BCUT2D eigenvalue weighted by Crippen LogP contribution is 2.31. The Morgan fingerprint density at radius 1 is 1.18 bits per heavy atom. The molecule has 1 aromatic carbocycles. The average molecular weight is 259 g/mol. The van der Waals surface area contributed by atoms with Gasteiger partial charge in [0.2, 0.25) is 0 Å². The molecule has 0 saturated carbocycles. The summed E-state index contributed by atoms with van der Waals surface area (Å²) in [4.78, 5) is 0. The largest absolute Gasteiger partial charge is 0.416 e. The third-order valence-electron chi connectivity index (χ3n) is 2.41. The minimum absolute atomic E-state index is 0.294. The first-order valence-corrected chi connectivity index (χ1v) is 8.57. The molecule has 0 radical (unpaired) electrons. The Bertz CT molecular complexity index is 554. The SMILES string of the molecule is C[Si](C)(C)n1nnc2cc(C(F)(F)F)ccc21. The summed E-state index contributed by atoms with van der Waals surface area (Å²) in [7, 11) is -1.75. The first-order chi connectivity index (χ1) is 7.69. The van der Waals surface area contributed by atoms with Crippen LogP contribution in [0.3, 0.4) is 0 Å². The van der Waals surface area contributed by atoms with Crippen LogP contribution in [0, 0.1) is 0 Å². The van der Waals surface area contributed by atoms with Crippen LogP contribution in [0.5, 0.6) is 0 Å². The normalized spacial score (nSPS) is 13.3. The standard InChI is InChI=1S/C10H12F3N3Si/c1-17(2,3)16-9-5-4-7(10(11,12)13)6-8(9)14-15-16/h4-6H,1-3H3. The molecule has 17 heavy (non-hydrogen) atoms. The molecule has 0 aliphatic carbocycles. The van der Waals surface area contributed by atoms with Crippen LogP contribution in [0.25, 0.3) is 11.0 Å². The first kappa shape index (κ1) is 12.1. The fraction of sp³-hybridized carbons (Fsp3) is 0.400. The van der Waals surface area contributed by atoms with Crippen molar-refractivity contribution in [3.8, 4) is 0 Å². The molecule has 92 valence electrons. The van der Waals surface area contributed by atoms with Crippen molar-refractivity contribution >= 4 is 19.3 Å². The molecular formula is C10H12F3N3Si. The van der Waals surface area contributed by atoms with Crippen LogP contribution in [0.1, 0.15) is 5.56 Å². The van der Waals surface area contributed by atoms with Gasteiger partial charge in [-0.2, -0.15) is 13.2 Å². The van der Waals surface area contributed by atoms with Gasteiger partial charge < -0.3 is 0 Å². The zero-order valence-corrected chi connectivity index (χ0v) is 10.7. The first-order valence-electron chi connectivity index (χ1n) is 5.13. The van der Waals surface area contributed by atoms with Gasteiger partial charge in [-0.05, 0) is 37.8 Å². The lowest BCUT2D eigenvalue weighted by molar-refractivity contribution is -0.137. The van der Waals surface area contributed by atoms with Gasteiger partial charge in [0.05, 0.1) is 11.1 Å². The summed E-state index contributed by atoms with van der Waals surface area (Å²) in [5.74, 6) is 0. The molecule has 2 aromatic rings. The Morgan fingerprint density at radius 2 is 1.82 bits per heavy atom. The van der Waals surface area contributed by atoms with Crippen molar-refractivity contribution < 1.29 is 13.2 Å². The lowest BCUT2D eigenvalue weighted by Crippen LogP contribution is -2.33. The van der Waals surface area contributed by atoms with E-state index in [9.17, 15) is 13.2 Å². The number of alkyl halides is 3. The highest BCUT2D eigenvalue weighted by molar-refractivity contribution is 6.74. The zero-order valence-electron chi connectivity index (χ0n) is 9.71. The quantitative estimate of drug-likeness (QED) is 0.737. The van der Waals surface area contributed by atoms with E-state index in [1.54, 1.807) is 4.35 Å². The molecule has 0 spiro atoms. The van der Waals surface area contributed by atoms with Crippen molar-refractivity contribution in [2.45, 2.75) is 25.8 Å². The van der Waals surface area contributed by atoms with Gasteiger partial charge in [0.25, 0.3) is 0 Å². The van der Waals surface area contributed by atoms with Crippen molar-refractivity contribution in [3.63, 3.8) is 0 Å². The molecule has 1 aromatic heterocycles. The van der Waals surface area contributed by atoms with Crippen molar-refractivity contribution in [1.29, 1.82) is 0 Å². The molecule has 0 unspecified atom stereocenters. The van der Waals surface area contributed by atoms with E-state index in [-0.39, 0.29) is 0 Å². The molecule has 7 heteroatoms. The van der Waals surface area contributed by atoms with Crippen LogP contribution >= 0.6 is 0 Å². The van der Waals surface area contributed by atoms with Gasteiger partial charge in [0.1, 0.15) is 5.52 Å². The van der Waals surface area contributed by atoms with Gasteiger partial charge in [-0.1, -0.05) is 5.21 Å². The molecule has 0 amide bonds. The van der Waals surface area contributed by atoms with Gasteiger partial charge in [-0.3, -0.25) is 4.35 Å². The van der Waals surface area contributed by atoms with Crippen LogP contribution < -0.4 is 0 Å². The summed E-state index contributed by atoms with van der Waals surface area (Å²) in [5.41, 5.74) is 0.270. The second-order valence-corrected chi connectivity index (χ2v) is 9.64. The molecular weight excluding hydrogens is 247 g/mol. The number of nitrogens with zero attached hydrogens (tertiary/aromatic N) is 3. The maximum absolute atomic E-state index is 12.5. The van der Waals surface area contributed by atoms with Crippen molar-refractivity contribution in [2.24, 2.45) is 0 Å². The Hall–Kier alpha value is -1.37. The Labute approximate surface area is 97.3 Å². The van der Waals surface area contributed by atoms with E-state index < -0.39 is 20.0 Å². The number of aromatic nitrogens is 3. The molecule has 0 bridgehead atoms. The minimum Gasteiger partial charge on any atom is -0.275 e. The van der Waals surface area contributed by atoms with Crippen LogP contribution in [0.4, 0.5) is 13.2 Å². The summed E-state index contributed by atoms with van der Waals surface area (Å²) < 4.78 is 39.3. The van der Waals surface area contributed by atoms with Crippen molar-refractivity contribution in [3.05, 3.63) is 23.8 Å². The number of rotatable bonds is 1. The number of fused-ring (bicyclic) bond motifs is 1. The molecule has 0 saturated heterocycles. The average Bonchev–Trinajstić information content (AvgIpc) is 2.57. The van der Waals surface area contributed by atoms with Gasteiger partial charge in [-0.15, -0.1) is 5.10 Å². The van der Waals surface area contributed by atoms with Crippen LogP contribution in [-0.4, -0.2) is 22.9 Å². The van der Waals surface area contributed by atoms with Gasteiger partial charge in [0, 0.05) is 0 Å². The molecule has 0 atom stereocenters. The molecule has 3 nitrogen and oxygen atoms in total. The van der Waals surface area contributed by atoms with E-state index in [4.69, 9.17) is 0 Å². The third-order valence-corrected chi connectivity index (χ3v) is 4.01. The Morgan fingerprint density at radius 3 is 2.35 bits per heavy atom. The maximum atomic E-state index is 12.5. The van der Waals surface area contributed by atoms with Gasteiger partial charge >= 0.3 is 6.18 Å². The number of benzene rings is 1. The maximum Gasteiger partial charge on any atom is 0.416 e. The van der Waals surface area contributed by atoms with E-state index in [1.807, 2.05) is 0 Å². The summed E-state index contributed by atoms with van der Waals surface area (Å²) in [6.45, 7) is 6.16. The van der Waals surface area contributed by atoms with E-state index in [1.165, 1.54) is 6.07 Å². The second-order valence-electron chi connectivity index (χ2n) is 4.87. The van der Waals surface area contributed by atoms with E-state index in [0.717, 1.165) is 12.1 Å². The molecule has 0 aliphatic heterocycles. The summed E-state index contributed by atoms with van der Waals surface area (Å²) in [5, 5.41) is 7.76. The lowest BCUT2D eigenvalue weighted by atomic mass is 10.2. The van der Waals surface area contributed by atoms with E-state index in [0.29, 0.717) is 11.0 Å². The second kappa shape index (κ2) is 3.56. The fourth-order valence-electron chi connectivity index (χ4n) is 1.60. The third kappa shape index (κ3) is 2.19. The van der Waals surface area contributed by atoms with E-state index in [2.05, 4.69) is 30.0 Å². The molecule has 0 fully saturated rings. The number of hydrogen-bond acceptors (Lipinski definition) is 2. The predicted octanol–water partition coefficient (Wildman–Crippen LogP) is 3.13. The summed E-state index contributed by atoms with van der Waals surface area (Å²) in [6, 6.07) is 3.55. The highest BCUT2D eigenvalue weighted by atomic mass is 28.3. The molecule has 2 rings (SSSR count). The summed E-state index contributed by atoms with van der Waals surface area (Å²) >= 11 is 0. The topological polar surface area (TPSA) is 30.7 Å². The summed E-state index contributed by atoms with van der Waals surface area (Å²) in [6.07, 6.45) is -4.34. The van der Waals surface area contributed by atoms with Gasteiger partial charge in [-0.25, -0.2) is 0 Å². The fourth-order valence-corrected chi connectivity index (χ4v) is 2.82. The van der Waals surface area contributed by atoms with Crippen molar-refractivity contribution in [1.82, 2.24) is 14.7 Å². The van der Waals surface area contributed by atoms with Crippen LogP contribution in [0.15, 0.2) is 18.2 Å². The van der Waals surface area contributed by atoms with Crippen molar-refractivity contribution in [2.75, 3.05) is 0 Å². The van der Waals surface area contributed by atoms with Crippen LogP contribution in [-0.2, 0) is 6.18 Å². The number of hydrogen-bond donors (Lipinski definition) is 0. The predicted molar refractivity (Wildman–Crippen MR) is 61.3 cm³/mol. The zero-order chi connectivity index (χ0) is 12.8. The number of halogens is 3. The molecule has 1 heterocycles. The molecule has 0 aliphatic rings. The highest BCUT2D eigenvalue weighted by Gasteiger charge is 2.31. The monoisotopic (exact) mass is 259 g/mol. The molecule has 0 N–H and O–H groups in total.